The zero-order valence-corrected chi connectivity index (χ0v) is 17.2. The summed E-state index contributed by atoms with van der Waals surface area (Å²) in [5.74, 6) is 0.401. The van der Waals surface area contributed by atoms with Gasteiger partial charge >= 0.3 is 0 Å². The lowest BCUT2D eigenvalue weighted by Gasteiger charge is -2.31. The molecule has 1 saturated heterocycles. The summed E-state index contributed by atoms with van der Waals surface area (Å²) in [6, 6.07) is 18.9. The Morgan fingerprint density at radius 1 is 1.07 bits per heavy atom. The quantitative estimate of drug-likeness (QED) is 0.708. The fourth-order valence-corrected chi connectivity index (χ4v) is 3.87. The lowest BCUT2D eigenvalue weighted by atomic mass is 9.95. The van der Waals surface area contributed by atoms with Gasteiger partial charge in [0.2, 0.25) is 5.91 Å². The summed E-state index contributed by atoms with van der Waals surface area (Å²) in [6.07, 6.45) is 2.88. The second-order valence-corrected chi connectivity index (χ2v) is 7.88. The molecule has 28 heavy (non-hydrogen) atoms. The van der Waals surface area contributed by atoms with Crippen molar-refractivity contribution in [3.63, 3.8) is 0 Å². The molecule has 2 aromatic carbocycles. The van der Waals surface area contributed by atoms with Crippen LogP contribution in [0.2, 0.25) is 0 Å². The van der Waals surface area contributed by atoms with E-state index in [1.165, 1.54) is 16.8 Å². The summed E-state index contributed by atoms with van der Waals surface area (Å²) in [5, 5.41) is 3.15. The molecule has 1 fully saturated rings. The van der Waals surface area contributed by atoms with Gasteiger partial charge in [0.15, 0.2) is 0 Å². The second kappa shape index (κ2) is 10.3. The summed E-state index contributed by atoms with van der Waals surface area (Å²) >= 11 is 0. The number of para-hydroxylation sites is 1. The first kappa shape index (κ1) is 20.4. The van der Waals surface area contributed by atoms with E-state index in [0.717, 1.165) is 52.0 Å². The van der Waals surface area contributed by atoms with Crippen LogP contribution in [0.1, 0.15) is 30.4 Å². The van der Waals surface area contributed by atoms with Crippen molar-refractivity contribution in [2.75, 3.05) is 38.1 Å². The van der Waals surface area contributed by atoms with E-state index in [9.17, 15) is 4.79 Å². The highest BCUT2D eigenvalue weighted by Gasteiger charge is 2.24. The Morgan fingerprint density at radius 2 is 1.75 bits per heavy atom. The van der Waals surface area contributed by atoms with E-state index in [1.54, 1.807) is 0 Å². The highest BCUT2D eigenvalue weighted by Crippen LogP contribution is 2.20. The SMILES string of the molecule is Cc1ccccc1CN1CCC(C(=O)NCCCN(C)c2ccccc2)CC1. The zero-order valence-electron chi connectivity index (χ0n) is 17.2. The minimum absolute atomic E-state index is 0.167. The monoisotopic (exact) mass is 379 g/mol. The number of amides is 1. The lowest BCUT2D eigenvalue weighted by Crippen LogP contribution is -2.40. The summed E-state index contributed by atoms with van der Waals surface area (Å²) in [7, 11) is 2.10. The first-order chi connectivity index (χ1) is 13.6. The smallest absolute Gasteiger partial charge is 0.223 e. The Bertz CT molecular complexity index is 739. The Balaban J connectivity index is 1.33. The molecule has 1 N–H and O–H groups in total. The summed E-state index contributed by atoms with van der Waals surface area (Å²) in [5.41, 5.74) is 3.96. The predicted molar refractivity (Wildman–Crippen MR) is 117 cm³/mol. The van der Waals surface area contributed by atoms with Gasteiger partial charge < -0.3 is 10.2 Å². The second-order valence-electron chi connectivity index (χ2n) is 7.88. The number of nitrogens with one attached hydrogen (secondary N) is 1. The van der Waals surface area contributed by atoms with Gasteiger partial charge in [-0.05, 0) is 62.5 Å². The maximum atomic E-state index is 12.5. The Kier molecular flexibility index (Phi) is 7.49. The molecule has 150 valence electrons. The molecule has 1 heterocycles. The van der Waals surface area contributed by atoms with E-state index in [2.05, 4.69) is 77.6 Å². The van der Waals surface area contributed by atoms with E-state index < -0.39 is 0 Å². The van der Waals surface area contributed by atoms with E-state index in [-0.39, 0.29) is 11.8 Å². The Labute approximate surface area is 169 Å². The number of rotatable bonds is 8. The average molecular weight is 380 g/mol. The molecular weight excluding hydrogens is 346 g/mol. The number of carbonyl (C=O) groups excluding carboxylic acids is 1. The van der Waals surface area contributed by atoms with Gasteiger partial charge in [0.25, 0.3) is 0 Å². The van der Waals surface area contributed by atoms with Crippen molar-refractivity contribution < 1.29 is 4.79 Å². The number of nitrogens with zero attached hydrogens (tertiary/aromatic N) is 2. The van der Waals surface area contributed by atoms with Gasteiger partial charge in [0.1, 0.15) is 0 Å². The number of benzene rings is 2. The third-order valence-corrected chi connectivity index (χ3v) is 5.78. The van der Waals surface area contributed by atoms with Crippen LogP contribution in [0, 0.1) is 12.8 Å². The fraction of sp³-hybridized carbons (Fsp3) is 0.458. The molecule has 0 aliphatic carbocycles. The van der Waals surface area contributed by atoms with Crippen molar-refractivity contribution >= 4 is 11.6 Å². The van der Waals surface area contributed by atoms with E-state index in [0.29, 0.717) is 0 Å². The molecule has 1 aliphatic rings. The minimum Gasteiger partial charge on any atom is -0.375 e. The highest BCUT2D eigenvalue weighted by molar-refractivity contribution is 5.78. The molecule has 1 aliphatic heterocycles. The third kappa shape index (κ3) is 5.83. The van der Waals surface area contributed by atoms with Crippen molar-refractivity contribution in [1.82, 2.24) is 10.2 Å². The van der Waals surface area contributed by atoms with Crippen molar-refractivity contribution in [3.05, 3.63) is 65.7 Å². The van der Waals surface area contributed by atoms with Crippen molar-refractivity contribution in [3.8, 4) is 0 Å². The van der Waals surface area contributed by atoms with Gasteiger partial charge in [-0.2, -0.15) is 0 Å². The maximum Gasteiger partial charge on any atom is 0.223 e. The number of hydrogen-bond donors (Lipinski definition) is 1. The van der Waals surface area contributed by atoms with Crippen LogP contribution in [-0.4, -0.2) is 44.0 Å². The molecule has 1 amide bonds. The summed E-state index contributed by atoms with van der Waals surface area (Å²) in [4.78, 5) is 17.2. The molecule has 0 unspecified atom stereocenters. The topological polar surface area (TPSA) is 35.6 Å². The number of anilines is 1. The van der Waals surface area contributed by atoms with Crippen LogP contribution in [-0.2, 0) is 11.3 Å². The molecule has 3 rings (SSSR count). The third-order valence-electron chi connectivity index (χ3n) is 5.78. The molecule has 0 saturated carbocycles. The van der Waals surface area contributed by atoms with Crippen molar-refractivity contribution in [1.29, 1.82) is 0 Å². The number of likely N-dealkylation sites (tertiary alicyclic amines) is 1. The largest absolute Gasteiger partial charge is 0.375 e. The minimum atomic E-state index is 0.167. The lowest BCUT2D eigenvalue weighted by molar-refractivity contribution is -0.126. The number of hydrogen-bond acceptors (Lipinski definition) is 3. The van der Waals surface area contributed by atoms with Crippen LogP contribution in [0.15, 0.2) is 54.6 Å². The molecule has 4 heteroatoms. The predicted octanol–water partition coefficient (Wildman–Crippen LogP) is 3.85. The van der Waals surface area contributed by atoms with Crippen LogP contribution in [0.4, 0.5) is 5.69 Å². The molecule has 0 radical (unpaired) electrons. The summed E-state index contributed by atoms with van der Waals surface area (Å²) in [6.45, 7) is 6.86. The number of piperidine rings is 1. The van der Waals surface area contributed by atoms with Gasteiger partial charge in [0, 0.05) is 38.3 Å². The van der Waals surface area contributed by atoms with E-state index in [1.807, 2.05) is 6.07 Å². The van der Waals surface area contributed by atoms with Crippen LogP contribution in [0.25, 0.3) is 0 Å². The molecule has 0 atom stereocenters. The maximum absolute atomic E-state index is 12.5. The molecule has 0 bridgehead atoms. The first-order valence-corrected chi connectivity index (χ1v) is 10.4. The van der Waals surface area contributed by atoms with Crippen LogP contribution >= 0.6 is 0 Å². The van der Waals surface area contributed by atoms with Gasteiger partial charge in [-0.1, -0.05) is 42.5 Å². The fourth-order valence-electron chi connectivity index (χ4n) is 3.87. The van der Waals surface area contributed by atoms with Gasteiger partial charge in [0.05, 0.1) is 0 Å². The van der Waals surface area contributed by atoms with E-state index in [4.69, 9.17) is 0 Å². The van der Waals surface area contributed by atoms with Crippen LogP contribution in [0.3, 0.4) is 0 Å². The molecule has 0 aromatic heterocycles. The summed E-state index contributed by atoms with van der Waals surface area (Å²) < 4.78 is 0. The average Bonchev–Trinajstić information content (AvgIpc) is 2.73. The van der Waals surface area contributed by atoms with Crippen molar-refractivity contribution in [2.45, 2.75) is 32.7 Å². The molecule has 2 aromatic rings. The Morgan fingerprint density at radius 3 is 2.46 bits per heavy atom. The zero-order chi connectivity index (χ0) is 19.8. The van der Waals surface area contributed by atoms with Crippen molar-refractivity contribution in [2.24, 2.45) is 5.92 Å². The van der Waals surface area contributed by atoms with Crippen LogP contribution in [0.5, 0.6) is 0 Å². The standard InChI is InChI=1S/C24H33N3O/c1-20-9-6-7-10-22(20)19-27-17-13-21(14-18-27)24(28)25-15-8-16-26(2)23-11-4-3-5-12-23/h3-7,9-12,21H,8,13-19H2,1-2H3,(H,25,28). The first-order valence-electron chi connectivity index (χ1n) is 10.4. The highest BCUT2D eigenvalue weighted by atomic mass is 16.1. The number of carbonyl (C=O) groups is 1. The van der Waals surface area contributed by atoms with Gasteiger partial charge in [-0.15, -0.1) is 0 Å². The van der Waals surface area contributed by atoms with Gasteiger partial charge in [-0.25, -0.2) is 0 Å². The molecule has 4 nitrogen and oxygen atoms in total. The molecule has 0 spiro atoms. The van der Waals surface area contributed by atoms with Gasteiger partial charge in [-0.3, -0.25) is 9.69 Å². The number of aryl methyl sites for hydroxylation is 1. The Hall–Kier alpha value is -2.33. The van der Waals surface area contributed by atoms with Crippen LogP contribution < -0.4 is 10.2 Å². The molecular formula is C24H33N3O. The van der Waals surface area contributed by atoms with E-state index >= 15 is 0 Å². The normalized spacial score (nSPS) is 15.4.